The zero-order valence-electron chi connectivity index (χ0n) is 8.68. The van der Waals surface area contributed by atoms with Gasteiger partial charge in [-0.15, -0.1) is 0 Å². The van der Waals surface area contributed by atoms with Gasteiger partial charge in [-0.1, -0.05) is 0 Å². The van der Waals surface area contributed by atoms with Crippen LogP contribution in [-0.2, 0) is 0 Å². The van der Waals surface area contributed by atoms with Crippen molar-refractivity contribution in [2.24, 2.45) is 0 Å². The van der Waals surface area contributed by atoms with E-state index in [0.717, 1.165) is 25.1 Å². The summed E-state index contributed by atoms with van der Waals surface area (Å²) in [7, 11) is 1.55. The van der Waals surface area contributed by atoms with Crippen LogP contribution in [-0.4, -0.2) is 30.1 Å². The molecule has 1 aromatic carbocycles. The Hall–Kier alpha value is -1.42. The van der Waals surface area contributed by atoms with E-state index in [1.807, 2.05) is 11.0 Å². The third-order valence-corrected chi connectivity index (χ3v) is 2.66. The van der Waals surface area contributed by atoms with Gasteiger partial charge in [0.15, 0.2) is 0 Å². The maximum atomic E-state index is 9.70. The zero-order valence-corrected chi connectivity index (χ0v) is 8.68. The molecule has 15 heavy (non-hydrogen) atoms. The van der Waals surface area contributed by atoms with E-state index in [9.17, 15) is 10.2 Å². The lowest BCUT2D eigenvalue weighted by molar-refractivity contribution is 0.185. The summed E-state index contributed by atoms with van der Waals surface area (Å²) in [5.74, 6) is 0.757. The molecule has 1 unspecified atom stereocenters. The van der Waals surface area contributed by atoms with Crippen molar-refractivity contribution in [1.29, 1.82) is 0 Å². The van der Waals surface area contributed by atoms with E-state index >= 15 is 0 Å². The predicted octanol–water partition coefficient (Wildman–Crippen LogP) is 1.32. The van der Waals surface area contributed by atoms with Gasteiger partial charge in [0.1, 0.15) is 17.7 Å². The van der Waals surface area contributed by atoms with Crippen LogP contribution in [0.15, 0.2) is 18.2 Å². The Bertz CT molecular complexity index is 354. The molecule has 1 fully saturated rings. The Morgan fingerprint density at radius 1 is 1.40 bits per heavy atom. The minimum atomic E-state index is -0.448. The van der Waals surface area contributed by atoms with E-state index < -0.39 is 6.23 Å². The molecule has 0 aromatic heterocycles. The lowest BCUT2D eigenvalue weighted by Gasteiger charge is -2.23. The van der Waals surface area contributed by atoms with Crippen LogP contribution in [0.25, 0.3) is 0 Å². The molecule has 82 valence electrons. The smallest absolute Gasteiger partial charge is 0.126 e. The third kappa shape index (κ3) is 1.99. The van der Waals surface area contributed by atoms with Crippen LogP contribution in [0.1, 0.15) is 12.8 Å². The van der Waals surface area contributed by atoms with Crippen molar-refractivity contribution >= 4 is 5.69 Å². The molecule has 2 rings (SSSR count). The molecule has 0 bridgehead atoms. The van der Waals surface area contributed by atoms with Crippen molar-refractivity contribution in [3.05, 3.63) is 18.2 Å². The molecule has 1 saturated heterocycles. The Kier molecular flexibility index (Phi) is 2.68. The van der Waals surface area contributed by atoms with Crippen molar-refractivity contribution in [1.82, 2.24) is 0 Å². The van der Waals surface area contributed by atoms with Gasteiger partial charge in [-0.3, -0.25) is 0 Å². The number of aliphatic hydroxyl groups excluding tert-OH is 1. The SMILES string of the molecule is COc1cc(O)cc(N2CCCC2O)c1. The highest BCUT2D eigenvalue weighted by Crippen LogP contribution is 2.31. The number of hydrogen-bond donors (Lipinski definition) is 2. The Labute approximate surface area is 88.7 Å². The summed E-state index contributed by atoms with van der Waals surface area (Å²) in [6.45, 7) is 0.813. The van der Waals surface area contributed by atoms with Crippen LogP contribution in [0.5, 0.6) is 11.5 Å². The Balaban J connectivity index is 2.30. The second-order valence-electron chi connectivity index (χ2n) is 3.71. The number of anilines is 1. The summed E-state index contributed by atoms with van der Waals surface area (Å²) in [5, 5.41) is 19.2. The highest BCUT2D eigenvalue weighted by molar-refractivity contribution is 5.56. The molecule has 1 atom stereocenters. The topological polar surface area (TPSA) is 52.9 Å². The average Bonchev–Trinajstić information content (AvgIpc) is 2.63. The fourth-order valence-corrected chi connectivity index (χ4v) is 1.90. The van der Waals surface area contributed by atoms with Crippen LogP contribution in [0.3, 0.4) is 0 Å². The second kappa shape index (κ2) is 3.98. The molecule has 4 nitrogen and oxygen atoms in total. The number of nitrogens with zero attached hydrogens (tertiary/aromatic N) is 1. The number of ether oxygens (including phenoxy) is 1. The average molecular weight is 209 g/mol. The summed E-state index contributed by atoms with van der Waals surface area (Å²) >= 11 is 0. The molecule has 0 amide bonds. The molecule has 2 N–H and O–H groups in total. The first-order valence-electron chi connectivity index (χ1n) is 5.03. The lowest BCUT2D eigenvalue weighted by Crippen LogP contribution is -2.28. The van der Waals surface area contributed by atoms with Gasteiger partial charge in [0.25, 0.3) is 0 Å². The minimum absolute atomic E-state index is 0.156. The summed E-state index contributed by atoms with van der Waals surface area (Å²) < 4.78 is 5.06. The van der Waals surface area contributed by atoms with Gasteiger partial charge in [-0.25, -0.2) is 0 Å². The Morgan fingerprint density at radius 2 is 2.20 bits per heavy atom. The first-order chi connectivity index (χ1) is 7.20. The van der Waals surface area contributed by atoms with Gasteiger partial charge in [0.2, 0.25) is 0 Å². The molecule has 4 heteroatoms. The number of phenols is 1. The number of aliphatic hydroxyl groups is 1. The quantitative estimate of drug-likeness (QED) is 0.771. The molecule has 1 heterocycles. The largest absolute Gasteiger partial charge is 0.508 e. The highest BCUT2D eigenvalue weighted by Gasteiger charge is 2.22. The highest BCUT2D eigenvalue weighted by atomic mass is 16.5. The third-order valence-electron chi connectivity index (χ3n) is 2.66. The maximum Gasteiger partial charge on any atom is 0.126 e. The molecular formula is C11H15NO3. The van der Waals surface area contributed by atoms with E-state index in [0.29, 0.717) is 5.75 Å². The fraction of sp³-hybridized carbons (Fsp3) is 0.455. The van der Waals surface area contributed by atoms with Crippen LogP contribution in [0, 0.1) is 0 Å². The molecule has 0 saturated carbocycles. The molecule has 0 aliphatic carbocycles. The van der Waals surface area contributed by atoms with Crippen molar-refractivity contribution < 1.29 is 14.9 Å². The van der Waals surface area contributed by atoms with Gasteiger partial charge >= 0.3 is 0 Å². The number of phenolic OH excluding ortho intramolecular Hbond substituents is 1. The summed E-state index contributed by atoms with van der Waals surface area (Å²) in [6.07, 6.45) is 1.30. The molecular weight excluding hydrogens is 194 g/mol. The van der Waals surface area contributed by atoms with Gasteiger partial charge in [0.05, 0.1) is 7.11 Å². The number of methoxy groups -OCH3 is 1. The van der Waals surface area contributed by atoms with E-state index in [-0.39, 0.29) is 5.75 Å². The molecule has 1 aromatic rings. The molecule has 1 aliphatic heterocycles. The lowest BCUT2D eigenvalue weighted by atomic mass is 10.2. The first-order valence-corrected chi connectivity index (χ1v) is 5.03. The van der Waals surface area contributed by atoms with Gasteiger partial charge in [0, 0.05) is 30.4 Å². The minimum Gasteiger partial charge on any atom is -0.508 e. The van der Waals surface area contributed by atoms with Crippen LogP contribution in [0.4, 0.5) is 5.69 Å². The van der Waals surface area contributed by atoms with Gasteiger partial charge in [-0.2, -0.15) is 0 Å². The normalized spacial score (nSPS) is 20.7. The van der Waals surface area contributed by atoms with Gasteiger partial charge < -0.3 is 19.8 Å². The van der Waals surface area contributed by atoms with E-state index in [2.05, 4.69) is 0 Å². The van der Waals surface area contributed by atoms with E-state index in [1.165, 1.54) is 0 Å². The summed E-state index contributed by atoms with van der Waals surface area (Å²) in [5.41, 5.74) is 0.803. The van der Waals surface area contributed by atoms with E-state index in [1.54, 1.807) is 19.2 Å². The zero-order chi connectivity index (χ0) is 10.8. The maximum absolute atomic E-state index is 9.70. The van der Waals surface area contributed by atoms with Crippen LogP contribution >= 0.6 is 0 Å². The number of hydrogen-bond acceptors (Lipinski definition) is 4. The number of rotatable bonds is 2. The molecule has 0 spiro atoms. The molecule has 1 aliphatic rings. The van der Waals surface area contributed by atoms with Crippen molar-refractivity contribution in [3.63, 3.8) is 0 Å². The van der Waals surface area contributed by atoms with Crippen LogP contribution in [0.2, 0.25) is 0 Å². The standard InChI is InChI=1S/C11H15NO3/c1-15-10-6-8(5-9(13)7-10)12-4-2-3-11(12)14/h5-7,11,13-14H,2-4H2,1H3. The number of benzene rings is 1. The fourth-order valence-electron chi connectivity index (χ4n) is 1.90. The van der Waals surface area contributed by atoms with Crippen molar-refractivity contribution in [2.75, 3.05) is 18.6 Å². The Morgan fingerprint density at radius 3 is 2.80 bits per heavy atom. The predicted molar refractivity (Wildman–Crippen MR) is 57.2 cm³/mol. The monoisotopic (exact) mass is 209 g/mol. The number of aromatic hydroxyl groups is 1. The first kappa shape index (κ1) is 10.1. The summed E-state index contributed by atoms with van der Waals surface area (Å²) in [4.78, 5) is 1.86. The molecule has 0 radical (unpaired) electrons. The van der Waals surface area contributed by atoms with Gasteiger partial charge in [-0.05, 0) is 12.8 Å². The van der Waals surface area contributed by atoms with E-state index in [4.69, 9.17) is 4.74 Å². The van der Waals surface area contributed by atoms with Crippen molar-refractivity contribution in [3.8, 4) is 11.5 Å². The second-order valence-corrected chi connectivity index (χ2v) is 3.71. The van der Waals surface area contributed by atoms with Crippen molar-refractivity contribution in [2.45, 2.75) is 19.1 Å². The summed E-state index contributed by atoms with van der Waals surface area (Å²) in [6, 6.07) is 5.00. The van der Waals surface area contributed by atoms with Crippen LogP contribution < -0.4 is 9.64 Å².